The SMILES string of the molecule is Cc1nn(C)c2c1nc(CCCl)n2CCSC(F)(F)F. The number of rotatable bonds is 5. The first-order chi connectivity index (χ1) is 9.33. The van der Waals surface area contributed by atoms with E-state index in [1.165, 1.54) is 0 Å². The zero-order valence-electron chi connectivity index (χ0n) is 11.0. The van der Waals surface area contributed by atoms with Crippen LogP contribution in [0.3, 0.4) is 0 Å². The Morgan fingerprint density at radius 3 is 2.65 bits per heavy atom. The topological polar surface area (TPSA) is 35.6 Å². The third-order valence-corrected chi connectivity index (χ3v) is 3.77. The van der Waals surface area contributed by atoms with Crippen LogP contribution in [0.2, 0.25) is 0 Å². The highest BCUT2D eigenvalue weighted by molar-refractivity contribution is 8.00. The summed E-state index contributed by atoms with van der Waals surface area (Å²) < 4.78 is 40.1. The van der Waals surface area contributed by atoms with E-state index in [0.717, 1.165) is 16.9 Å². The molecule has 0 N–H and O–H groups in total. The molecule has 20 heavy (non-hydrogen) atoms. The Bertz CT molecular complexity index is 605. The monoisotopic (exact) mass is 326 g/mol. The number of fused-ring (bicyclic) bond motifs is 1. The van der Waals surface area contributed by atoms with Gasteiger partial charge in [-0.3, -0.25) is 4.68 Å². The van der Waals surface area contributed by atoms with E-state index in [9.17, 15) is 13.2 Å². The molecule has 0 saturated heterocycles. The van der Waals surface area contributed by atoms with Crippen LogP contribution in [0.15, 0.2) is 0 Å². The molecule has 0 unspecified atom stereocenters. The summed E-state index contributed by atoms with van der Waals surface area (Å²) in [4.78, 5) is 4.44. The average Bonchev–Trinajstić information content (AvgIpc) is 2.79. The molecule has 0 saturated carbocycles. The van der Waals surface area contributed by atoms with Gasteiger partial charge in [-0.2, -0.15) is 18.3 Å². The first kappa shape index (κ1) is 15.5. The van der Waals surface area contributed by atoms with Crippen LogP contribution in [0.4, 0.5) is 13.2 Å². The van der Waals surface area contributed by atoms with Gasteiger partial charge in [0.1, 0.15) is 11.3 Å². The standard InChI is InChI=1S/C11H14ClF3N4S/c1-7-9-10(18(2)17-7)19(8(16-9)3-4-12)5-6-20-11(13,14)15/h3-6H2,1-2H3. The molecular formula is C11H14ClF3N4S. The van der Waals surface area contributed by atoms with E-state index >= 15 is 0 Å². The molecule has 0 spiro atoms. The summed E-state index contributed by atoms with van der Waals surface area (Å²) in [6, 6.07) is 0. The number of imidazole rings is 1. The van der Waals surface area contributed by atoms with Crippen molar-refractivity contribution in [2.45, 2.75) is 25.4 Å². The number of halogens is 4. The van der Waals surface area contributed by atoms with E-state index in [1.54, 1.807) is 16.3 Å². The Morgan fingerprint density at radius 2 is 2.05 bits per heavy atom. The number of hydrogen-bond acceptors (Lipinski definition) is 3. The zero-order chi connectivity index (χ0) is 14.9. The number of thioether (sulfide) groups is 1. The molecule has 112 valence electrons. The maximum atomic E-state index is 12.2. The van der Waals surface area contributed by atoms with Gasteiger partial charge in [-0.15, -0.1) is 11.6 Å². The van der Waals surface area contributed by atoms with Crippen LogP contribution >= 0.6 is 23.4 Å². The second-order valence-corrected chi connectivity index (χ2v) is 5.83. The predicted molar refractivity (Wildman–Crippen MR) is 74.2 cm³/mol. The van der Waals surface area contributed by atoms with E-state index in [-0.39, 0.29) is 24.1 Å². The molecule has 2 rings (SSSR count). The second kappa shape index (κ2) is 5.85. The van der Waals surface area contributed by atoms with Crippen molar-refractivity contribution < 1.29 is 13.2 Å². The number of aromatic nitrogens is 4. The molecule has 0 aliphatic rings. The highest BCUT2D eigenvalue weighted by Gasteiger charge is 2.28. The van der Waals surface area contributed by atoms with Gasteiger partial charge in [-0.05, 0) is 18.7 Å². The van der Waals surface area contributed by atoms with Crippen molar-refractivity contribution in [2.24, 2.45) is 7.05 Å². The molecule has 4 nitrogen and oxygen atoms in total. The summed E-state index contributed by atoms with van der Waals surface area (Å²) in [5.74, 6) is 1.02. The largest absolute Gasteiger partial charge is 0.441 e. The highest BCUT2D eigenvalue weighted by atomic mass is 35.5. The van der Waals surface area contributed by atoms with Crippen molar-refractivity contribution in [2.75, 3.05) is 11.6 Å². The minimum absolute atomic E-state index is 0.0315. The maximum absolute atomic E-state index is 12.2. The molecule has 0 bridgehead atoms. The molecule has 0 radical (unpaired) electrons. The predicted octanol–water partition coefficient (Wildman–Crippen LogP) is 3.11. The van der Waals surface area contributed by atoms with Crippen LogP contribution in [0.5, 0.6) is 0 Å². The molecule has 0 aliphatic carbocycles. The van der Waals surface area contributed by atoms with E-state index in [1.807, 2.05) is 6.92 Å². The highest BCUT2D eigenvalue weighted by Crippen LogP contribution is 2.30. The minimum atomic E-state index is -4.21. The zero-order valence-corrected chi connectivity index (χ0v) is 12.6. The number of alkyl halides is 4. The summed E-state index contributed by atoms with van der Waals surface area (Å²) in [6.45, 7) is 2.06. The van der Waals surface area contributed by atoms with Crippen LogP contribution in [-0.4, -0.2) is 36.5 Å². The van der Waals surface area contributed by atoms with Crippen molar-refractivity contribution in [1.29, 1.82) is 0 Å². The Hall–Kier alpha value is -0.890. The fourth-order valence-corrected chi connectivity index (χ4v) is 2.82. The average molecular weight is 327 g/mol. The van der Waals surface area contributed by atoms with Crippen LogP contribution in [0.25, 0.3) is 11.2 Å². The van der Waals surface area contributed by atoms with Gasteiger partial charge in [0.25, 0.3) is 0 Å². The van der Waals surface area contributed by atoms with Gasteiger partial charge in [-0.25, -0.2) is 4.98 Å². The lowest BCUT2D eigenvalue weighted by molar-refractivity contribution is -0.0328. The van der Waals surface area contributed by atoms with Crippen molar-refractivity contribution in [3.05, 3.63) is 11.5 Å². The van der Waals surface area contributed by atoms with Gasteiger partial charge >= 0.3 is 5.51 Å². The fraction of sp³-hybridized carbons (Fsp3) is 0.636. The molecule has 0 amide bonds. The number of nitrogens with zero attached hydrogens (tertiary/aromatic N) is 4. The normalized spacial score (nSPS) is 12.5. The third kappa shape index (κ3) is 3.22. The molecule has 2 heterocycles. The second-order valence-electron chi connectivity index (χ2n) is 4.29. The first-order valence-electron chi connectivity index (χ1n) is 5.99. The molecule has 2 aromatic rings. The summed E-state index contributed by atoms with van der Waals surface area (Å²) in [5, 5.41) is 4.24. The summed E-state index contributed by atoms with van der Waals surface area (Å²) in [7, 11) is 1.76. The third-order valence-electron chi connectivity index (χ3n) is 2.87. The fourth-order valence-electron chi connectivity index (χ4n) is 2.14. The van der Waals surface area contributed by atoms with Crippen LogP contribution in [-0.2, 0) is 20.0 Å². The van der Waals surface area contributed by atoms with Gasteiger partial charge < -0.3 is 4.57 Å². The lowest BCUT2D eigenvalue weighted by Gasteiger charge is -2.10. The van der Waals surface area contributed by atoms with Crippen molar-refractivity contribution in [3.8, 4) is 0 Å². The molecule has 0 fully saturated rings. The van der Waals surface area contributed by atoms with Gasteiger partial charge in [0, 0.05) is 31.6 Å². The van der Waals surface area contributed by atoms with Gasteiger partial charge in [0.05, 0.1) is 5.69 Å². The first-order valence-corrected chi connectivity index (χ1v) is 7.51. The minimum Gasteiger partial charge on any atom is -0.312 e. The quantitative estimate of drug-likeness (QED) is 0.792. The lowest BCUT2D eigenvalue weighted by atomic mass is 10.4. The van der Waals surface area contributed by atoms with E-state index in [4.69, 9.17) is 11.6 Å². The maximum Gasteiger partial charge on any atom is 0.441 e. The van der Waals surface area contributed by atoms with E-state index < -0.39 is 5.51 Å². The Morgan fingerprint density at radius 1 is 1.35 bits per heavy atom. The summed E-state index contributed by atoms with van der Waals surface area (Å²) in [6.07, 6.45) is 0.520. The van der Waals surface area contributed by atoms with Crippen LogP contribution < -0.4 is 0 Å². The van der Waals surface area contributed by atoms with Crippen molar-refractivity contribution in [1.82, 2.24) is 19.3 Å². The molecule has 0 aromatic carbocycles. The van der Waals surface area contributed by atoms with E-state index in [0.29, 0.717) is 18.1 Å². The van der Waals surface area contributed by atoms with Crippen molar-refractivity contribution >= 4 is 34.5 Å². The Kier molecular flexibility index (Phi) is 4.53. The van der Waals surface area contributed by atoms with Crippen LogP contribution in [0.1, 0.15) is 11.5 Å². The van der Waals surface area contributed by atoms with Crippen LogP contribution in [0, 0.1) is 6.92 Å². The summed E-state index contributed by atoms with van der Waals surface area (Å²) in [5.41, 5.74) is -1.98. The Balaban J connectivity index is 2.30. The van der Waals surface area contributed by atoms with Gasteiger partial charge in [-0.1, -0.05) is 0 Å². The molecule has 2 aromatic heterocycles. The summed E-state index contributed by atoms with van der Waals surface area (Å²) >= 11 is 5.70. The molecule has 0 aliphatic heterocycles. The number of aryl methyl sites for hydroxylation is 4. The smallest absolute Gasteiger partial charge is 0.312 e. The van der Waals surface area contributed by atoms with Crippen molar-refractivity contribution in [3.63, 3.8) is 0 Å². The lowest BCUT2D eigenvalue weighted by Crippen LogP contribution is -2.12. The molecular weight excluding hydrogens is 313 g/mol. The van der Waals surface area contributed by atoms with E-state index in [2.05, 4.69) is 10.1 Å². The molecule has 0 atom stereocenters. The number of hydrogen-bond donors (Lipinski definition) is 0. The Labute approximate surface area is 123 Å². The van der Waals surface area contributed by atoms with Gasteiger partial charge in [0.2, 0.25) is 0 Å². The van der Waals surface area contributed by atoms with Gasteiger partial charge in [0.15, 0.2) is 5.65 Å². The molecule has 9 heteroatoms.